The van der Waals surface area contributed by atoms with E-state index in [0.717, 1.165) is 56.0 Å². The van der Waals surface area contributed by atoms with Crippen molar-refractivity contribution in [3.63, 3.8) is 0 Å². The lowest BCUT2D eigenvalue weighted by Crippen LogP contribution is -2.03. The molecule has 0 amide bonds. The molecule has 0 saturated heterocycles. The summed E-state index contributed by atoms with van der Waals surface area (Å²) in [7, 11) is 0. The second kappa shape index (κ2) is 11.1. The molecule has 8 bridgehead atoms. The van der Waals surface area contributed by atoms with Crippen molar-refractivity contribution in [2.24, 2.45) is 20.0 Å². The summed E-state index contributed by atoms with van der Waals surface area (Å²) in [6.45, 7) is 15.9. The number of rotatable bonds is 8. The van der Waals surface area contributed by atoms with Gasteiger partial charge in [0.05, 0.1) is 45.6 Å². The van der Waals surface area contributed by atoms with E-state index in [-0.39, 0.29) is 12.8 Å². The van der Waals surface area contributed by atoms with Crippen LogP contribution in [0.5, 0.6) is 0 Å². The third kappa shape index (κ3) is 5.11. The maximum atomic E-state index is 11.5. The molecule has 5 rings (SSSR count). The summed E-state index contributed by atoms with van der Waals surface area (Å²) in [6, 6.07) is 0. The Kier molecular flexibility index (Phi) is 7.56. The second-order valence-electron chi connectivity index (χ2n) is 10.6. The Morgan fingerprint density at radius 1 is 0.595 bits per heavy atom. The van der Waals surface area contributed by atoms with Gasteiger partial charge >= 0.3 is 11.9 Å². The molecule has 0 aliphatic carbocycles. The molecule has 0 radical (unpaired) electrons. The van der Waals surface area contributed by atoms with Gasteiger partial charge in [-0.1, -0.05) is 25.3 Å². The molecule has 42 heavy (non-hydrogen) atoms. The van der Waals surface area contributed by atoms with E-state index in [1.807, 2.05) is 52.0 Å². The highest BCUT2D eigenvalue weighted by atomic mass is 16.4. The third-order valence-corrected chi connectivity index (χ3v) is 8.06. The number of carboxylic acid groups (broad SMARTS) is 2. The summed E-state index contributed by atoms with van der Waals surface area (Å²) < 4.78 is 0. The van der Waals surface area contributed by atoms with E-state index in [0.29, 0.717) is 47.1 Å². The largest absolute Gasteiger partial charge is 0.481 e. The van der Waals surface area contributed by atoms with Gasteiger partial charge in [0.25, 0.3) is 0 Å². The Morgan fingerprint density at radius 2 is 1.07 bits per heavy atom. The van der Waals surface area contributed by atoms with Crippen molar-refractivity contribution >= 4 is 34.8 Å². The Balaban J connectivity index is 1.78. The topological polar surface area (TPSA) is 124 Å². The van der Waals surface area contributed by atoms with Gasteiger partial charge in [-0.3, -0.25) is 9.59 Å². The molecule has 0 unspecified atom stereocenters. The third-order valence-electron chi connectivity index (χ3n) is 8.06. The van der Waals surface area contributed by atoms with Crippen LogP contribution >= 0.6 is 0 Å². The molecule has 0 aromatic carbocycles. The first-order valence-corrected chi connectivity index (χ1v) is 13.8. The lowest BCUT2D eigenvalue weighted by molar-refractivity contribution is -0.137. The number of nitrogens with zero attached hydrogens (tertiary/aromatic N) is 4. The number of carbonyl (C=O) groups is 2. The monoisotopic (exact) mass is 560 g/mol. The van der Waals surface area contributed by atoms with Crippen molar-refractivity contribution in [3.05, 3.63) is 117 Å². The summed E-state index contributed by atoms with van der Waals surface area (Å²) in [6.07, 6.45) is 11.7. The lowest BCUT2D eigenvalue weighted by Gasteiger charge is -2.07. The van der Waals surface area contributed by atoms with Gasteiger partial charge in [0.15, 0.2) is 0 Å². The summed E-state index contributed by atoms with van der Waals surface area (Å²) in [5.41, 5.74) is 12.6. The Bertz CT molecular complexity index is 1770. The van der Waals surface area contributed by atoms with Crippen LogP contribution in [0.25, 0.3) is 0 Å². The highest BCUT2D eigenvalue weighted by Gasteiger charge is 2.28. The molecule has 0 saturated carbocycles. The highest BCUT2D eigenvalue weighted by molar-refractivity contribution is 6.20. The number of aliphatic carboxylic acids is 2. The Labute approximate surface area is 244 Å². The van der Waals surface area contributed by atoms with Crippen LogP contribution in [0.2, 0.25) is 0 Å². The van der Waals surface area contributed by atoms with E-state index >= 15 is 0 Å². The quantitative estimate of drug-likeness (QED) is 0.342. The fourth-order valence-electron chi connectivity index (χ4n) is 5.61. The summed E-state index contributed by atoms with van der Waals surface area (Å²) in [5.74, 6) is -1.80. The first-order chi connectivity index (χ1) is 20.0. The van der Waals surface area contributed by atoms with E-state index in [9.17, 15) is 19.8 Å². The van der Waals surface area contributed by atoms with E-state index in [1.165, 1.54) is 0 Å². The zero-order valence-corrected chi connectivity index (χ0v) is 24.2. The summed E-state index contributed by atoms with van der Waals surface area (Å²) >= 11 is 0. The minimum Gasteiger partial charge on any atom is -0.481 e. The average Bonchev–Trinajstić information content (AvgIpc) is 3.59. The maximum absolute atomic E-state index is 11.5. The van der Waals surface area contributed by atoms with Crippen molar-refractivity contribution in [3.8, 4) is 0 Å². The van der Waals surface area contributed by atoms with Crippen LogP contribution in [-0.4, -0.2) is 45.0 Å². The van der Waals surface area contributed by atoms with Crippen LogP contribution in [-0.2, 0) is 9.59 Å². The molecule has 0 atom stereocenters. The molecule has 5 heterocycles. The van der Waals surface area contributed by atoms with Crippen molar-refractivity contribution < 1.29 is 19.8 Å². The van der Waals surface area contributed by atoms with Gasteiger partial charge in [-0.25, -0.2) is 20.0 Å². The Morgan fingerprint density at radius 3 is 1.71 bits per heavy atom. The van der Waals surface area contributed by atoms with E-state index < -0.39 is 11.9 Å². The smallest absolute Gasteiger partial charge is 0.303 e. The molecule has 0 aromatic heterocycles. The minimum absolute atomic E-state index is 0.0512. The molecule has 0 aromatic rings. The van der Waals surface area contributed by atoms with Gasteiger partial charge in [-0.15, -0.1) is 0 Å². The molecule has 212 valence electrons. The van der Waals surface area contributed by atoms with Crippen LogP contribution in [0.3, 0.4) is 0 Å². The van der Waals surface area contributed by atoms with E-state index in [4.69, 9.17) is 20.0 Å². The summed E-state index contributed by atoms with van der Waals surface area (Å²) in [5, 5.41) is 18.9. The number of hydrogen-bond donors (Lipinski definition) is 2. The zero-order chi connectivity index (χ0) is 30.3. The minimum atomic E-state index is -0.899. The molecule has 8 nitrogen and oxygen atoms in total. The van der Waals surface area contributed by atoms with E-state index in [1.54, 1.807) is 12.2 Å². The van der Waals surface area contributed by atoms with E-state index in [2.05, 4.69) is 13.2 Å². The maximum Gasteiger partial charge on any atom is 0.303 e. The van der Waals surface area contributed by atoms with Crippen molar-refractivity contribution in [1.29, 1.82) is 0 Å². The highest BCUT2D eigenvalue weighted by Crippen LogP contribution is 2.37. The van der Waals surface area contributed by atoms with Crippen LogP contribution in [0.15, 0.2) is 137 Å². The number of fused-ring (bicyclic) bond motifs is 4. The molecule has 5 aliphatic heterocycles. The normalized spacial score (nSPS) is 19.7. The molecule has 2 N–H and O–H groups in total. The van der Waals surface area contributed by atoms with Crippen molar-refractivity contribution in [2.75, 3.05) is 0 Å². The van der Waals surface area contributed by atoms with Crippen LogP contribution in [0, 0.1) is 0 Å². The molecule has 5 aliphatic rings. The zero-order valence-electron chi connectivity index (χ0n) is 24.2. The number of aliphatic imine (C=N–C) groups is 4. The summed E-state index contributed by atoms with van der Waals surface area (Å²) in [4.78, 5) is 42.7. The number of hydrogen-bond acceptors (Lipinski definition) is 6. The number of allylic oxidation sites excluding steroid dienone is 13. The first kappa shape index (κ1) is 28.5. The molecule has 8 heteroatoms. The van der Waals surface area contributed by atoms with Gasteiger partial charge in [0, 0.05) is 24.0 Å². The first-order valence-electron chi connectivity index (χ1n) is 13.8. The van der Waals surface area contributed by atoms with Gasteiger partial charge in [-0.2, -0.15) is 0 Å². The standard InChI is InChI=1S/C34H32N4O4/c1-7-21-17(3)25-13-26-18(4)22(8-2)30(36-26)15-28-20(6)24(10-12-34(41)42)32(38-28)16-31-23(9-11-33(39)40)19(5)27(37-31)14-29(21)35-25/h7-8,13-16H,1-2,9-12H2,3-6H3,(H,39,40)(H,41,42). The fourth-order valence-corrected chi connectivity index (χ4v) is 5.61. The molecular weight excluding hydrogens is 528 g/mol. The predicted molar refractivity (Wildman–Crippen MR) is 167 cm³/mol. The van der Waals surface area contributed by atoms with Crippen molar-refractivity contribution in [2.45, 2.75) is 53.4 Å². The van der Waals surface area contributed by atoms with Crippen LogP contribution < -0.4 is 0 Å². The van der Waals surface area contributed by atoms with Gasteiger partial charge < -0.3 is 10.2 Å². The van der Waals surface area contributed by atoms with Crippen molar-refractivity contribution in [1.82, 2.24) is 0 Å². The van der Waals surface area contributed by atoms with Gasteiger partial charge in [0.1, 0.15) is 0 Å². The second-order valence-corrected chi connectivity index (χ2v) is 10.6. The average molecular weight is 561 g/mol. The molecule has 0 fully saturated rings. The SMILES string of the molecule is C=CC1=C(C)C2=NC1=CC1=NC(=CC3=NC(=CC4=NC(=C2)C(C)=C4C=C)C(C)=C3CCC(=O)O)C(CCC(=O)O)=C1C. The molecule has 0 spiro atoms. The van der Waals surface area contributed by atoms with Gasteiger partial charge in [-0.05, 0) is 98.3 Å². The lowest BCUT2D eigenvalue weighted by atomic mass is 9.96. The van der Waals surface area contributed by atoms with Crippen LogP contribution in [0.1, 0.15) is 53.4 Å². The fraction of sp³-hybridized carbons (Fsp3) is 0.235. The molecular formula is C34H32N4O4. The van der Waals surface area contributed by atoms with Crippen LogP contribution in [0.4, 0.5) is 0 Å². The Hall–Kier alpha value is -4.98. The number of carboxylic acids is 2. The predicted octanol–water partition coefficient (Wildman–Crippen LogP) is 6.72. The van der Waals surface area contributed by atoms with Gasteiger partial charge in [0.2, 0.25) is 0 Å².